The lowest BCUT2D eigenvalue weighted by atomic mass is 9.94. The molecule has 0 aromatic heterocycles. The minimum atomic E-state index is 0.812. The van der Waals surface area contributed by atoms with Crippen molar-refractivity contribution in [3.63, 3.8) is 0 Å². The van der Waals surface area contributed by atoms with Crippen molar-refractivity contribution < 1.29 is 19.3 Å². The molecule has 0 bridgehead atoms. The molecule has 0 saturated carbocycles. The Morgan fingerprint density at radius 3 is 2.38 bits per heavy atom. The molecular formula is C20H32N2O2+2. The first kappa shape index (κ1) is 17.3. The molecule has 4 heteroatoms. The van der Waals surface area contributed by atoms with E-state index in [1.807, 2.05) is 11.0 Å². The number of allylic oxidation sites excluding steroid dienone is 2. The summed E-state index contributed by atoms with van der Waals surface area (Å²) in [6.45, 7) is 7.61. The average Bonchev–Trinajstić information content (AvgIpc) is 2.64. The van der Waals surface area contributed by atoms with Crippen LogP contribution in [0.1, 0.15) is 24.8 Å². The normalized spacial score (nSPS) is 27.0. The monoisotopic (exact) mass is 332 g/mol. The molecule has 24 heavy (non-hydrogen) atoms. The second-order valence-corrected chi connectivity index (χ2v) is 7.22. The molecule has 2 aliphatic rings. The van der Waals surface area contributed by atoms with Crippen molar-refractivity contribution in [1.82, 2.24) is 0 Å². The first-order chi connectivity index (χ1) is 11.8. The zero-order valence-corrected chi connectivity index (χ0v) is 15.1. The van der Waals surface area contributed by atoms with Gasteiger partial charge in [0.1, 0.15) is 32.7 Å². The molecule has 1 saturated heterocycles. The van der Waals surface area contributed by atoms with Gasteiger partial charge in [-0.1, -0.05) is 12.2 Å². The summed E-state index contributed by atoms with van der Waals surface area (Å²) in [5.41, 5.74) is 1.34. The number of quaternary nitrogens is 2. The first-order valence-electron chi connectivity index (χ1n) is 9.31. The SMILES string of the molecule is COc1ccc(C[NH+]2CC[NH+](CC3CC=CCC3)CC2)cc1OC. The fraction of sp³-hybridized carbons (Fsp3) is 0.600. The zero-order valence-electron chi connectivity index (χ0n) is 15.1. The third-order valence-corrected chi connectivity index (χ3v) is 5.52. The molecular weight excluding hydrogens is 300 g/mol. The molecule has 1 heterocycles. The van der Waals surface area contributed by atoms with Crippen molar-refractivity contribution in [3.05, 3.63) is 35.9 Å². The average molecular weight is 332 g/mol. The lowest BCUT2D eigenvalue weighted by Crippen LogP contribution is -3.27. The van der Waals surface area contributed by atoms with Gasteiger partial charge in [-0.25, -0.2) is 0 Å². The summed E-state index contributed by atoms with van der Waals surface area (Å²) >= 11 is 0. The first-order valence-corrected chi connectivity index (χ1v) is 9.31. The van der Waals surface area contributed by atoms with Crippen LogP contribution in [0.5, 0.6) is 11.5 Å². The van der Waals surface area contributed by atoms with E-state index < -0.39 is 0 Å². The summed E-state index contributed by atoms with van der Waals surface area (Å²) in [5, 5.41) is 0. The van der Waals surface area contributed by atoms with Gasteiger partial charge in [0.25, 0.3) is 0 Å². The Labute approximate surface area is 146 Å². The van der Waals surface area contributed by atoms with E-state index in [2.05, 4.69) is 24.3 Å². The standard InChI is InChI=1S/C20H30N2O2/c1-23-19-9-8-18(14-20(19)24-2)16-22-12-10-21(11-13-22)15-17-6-4-3-5-7-17/h3-4,8-9,14,17H,5-7,10-13,15-16H2,1-2H3/p+2. The van der Waals surface area contributed by atoms with Crippen LogP contribution in [0.15, 0.2) is 30.4 Å². The highest BCUT2D eigenvalue weighted by molar-refractivity contribution is 5.42. The van der Waals surface area contributed by atoms with Crippen molar-refractivity contribution in [2.45, 2.75) is 25.8 Å². The highest BCUT2D eigenvalue weighted by atomic mass is 16.5. The Hall–Kier alpha value is -1.52. The Morgan fingerprint density at radius 1 is 0.958 bits per heavy atom. The van der Waals surface area contributed by atoms with Crippen LogP contribution in [0.4, 0.5) is 0 Å². The summed E-state index contributed by atoms with van der Waals surface area (Å²) in [6, 6.07) is 6.31. The molecule has 1 aliphatic heterocycles. The van der Waals surface area contributed by atoms with Gasteiger partial charge in [0.2, 0.25) is 0 Å². The molecule has 4 nitrogen and oxygen atoms in total. The van der Waals surface area contributed by atoms with E-state index >= 15 is 0 Å². The summed E-state index contributed by atoms with van der Waals surface area (Å²) < 4.78 is 10.8. The van der Waals surface area contributed by atoms with E-state index in [0.29, 0.717) is 0 Å². The van der Waals surface area contributed by atoms with Crippen LogP contribution in [-0.4, -0.2) is 46.9 Å². The minimum Gasteiger partial charge on any atom is -0.493 e. The van der Waals surface area contributed by atoms with Crippen LogP contribution in [0.2, 0.25) is 0 Å². The third kappa shape index (κ3) is 4.52. The summed E-state index contributed by atoms with van der Waals surface area (Å²) in [6.07, 6.45) is 8.70. The van der Waals surface area contributed by atoms with Crippen LogP contribution in [0.25, 0.3) is 0 Å². The van der Waals surface area contributed by atoms with Gasteiger partial charge >= 0.3 is 0 Å². The van der Waals surface area contributed by atoms with Crippen molar-refractivity contribution in [3.8, 4) is 11.5 Å². The van der Waals surface area contributed by atoms with Gasteiger partial charge in [-0.2, -0.15) is 0 Å². The van der Waals surface area contributed by atoms with E-state index in [9.17, 15) is 0 Å². The fourth-order valence-corrected chi connectivity index (χ4v) is 4.07. The molecule has 2 N–H and O–H groups in total. The van der Waals surface area contributed by atoms with Crippen LogP contribution in [0, 0.1) is 5.92 Å². The molecule has 132 valence electrons. The maximum absolute atomic E-state index is 5.42. The lowest BCUT2D eigenvalue weighted by molar-refractivity contribution is -1.02. The highest BCUT2D eigenvalue weighted by Crippen LogP contribution is 2.27. The van der Waals surface area contributed by atoms with Crippen molar-refractivity contribution in [2.24, 2.45) is 5.92 Å². The van der Waals surface area contributed by atoms with Crippen molar-refractivity contribution >= 4 is 0 Å². The largest absolute Gasteiger partial charge is 0.493 e. The number of piperazine rings is 1. The van der Waals surface area contributed by atoms with E-state index in [1.54, 1.807) is 19.1 Å². The molecule has 0 spiro atoms. The van der Waals surface area contributed by atoms with Gasteiger partial charge in [0.15, 0.2) is 11.5 Å². The van der Waals surface area contributed by atoms with E-state index in [4.69, 9.17) is 9.47 Å². The predicted octanol–water partition coefficient (Wildman–Crippen LogP) is 0.344. The van der Waals surface area contributed by atoms with Gasteiger partial charge in [-0.15, -0.1) is 0 Å². The summed E-state index contributed by atoms with van der Waals surface area (Å²) in [4.78, 5) is 3.50. The van der Waals surface area contributed by atoms with Crippen molar-refractivity contribution in [1.29, 1.82) is 0 Å². The van der Waals surface area contributed by atoms with Crippen LogP contribution in [0.3, 0.4) is 0 Å². The van der Waals surface area contributed by atoms with E-state index in [-0.39, 0.29) is 0 Å². The van der Waals surface area contributed by atoms with E-state index in [1.165, 1.54) is 57.5 Å². The lowest BCUT2D eigenvalue weighted by Gasteiger charge is -2.32. The van der Waals surface area contributed by atoms with Crippen molar-refractivity contribution in [2.75, 3.05) is 46.9 Å². The maximum Gasteiger partial charge on any atom is 0.161 e. The zero-order chi connectivity index (χ0) is 16.8. The summed E-state index contributed by atoms with van der Waals surface area (Å²) in [5.74, 6) is 2.56. The predicted molar refractivity (Wildman–Crippen MR) is 96.0 cm³/mol. The fourth-order valence-electron chi connectivity index (χ4n) is 4.07. The molecule has 0 radical (unpaired) electrons. The van der Waals surface area contributed by atoms with Gasteiger partial charge < -0.3 is 19.3 Å². The number of hydrogen-bond acceptors (Lipinski definition) is 2. The molecule has 1 fully saturated rings. The van der Waals surface area contributed by atoms with Crippen LogP contribution >= 0.6 is 0 Å². The quantitative estimate of drug-likeness (QED) is 0.736. The minimum absolute atomic E-state index is 0.812. The Bertz CT molecular complexity index is 551. The van der Waals surface area contributed by atoms with Gasteiger partial charge in [-0.3, -0.25) is 0 Å². The maximum atomic E-state index is 5.42. The molecule has 0 amide bonds. The van der Waals surface area contributed by atoms with E-state index in [0.717, 1.165) is 24.0 Å². The van der Waals surface area contributed by atoms with Gasteiger partial charge in [0.05, 0.1) is 20.8 Å². The van der Waals surface area contributed by atoms with Crippen LogP contribution < -0.4 is 19.3 Å². The molecule has 1 atom stereocenters. The molecule has 1 aliphatic carbocycles. The number of nitrogens with one attached hydrogen (secondary N) is 2. The topological polar surface area (TPSA) is 27.3 Å². The third-order valence-electron chi connectivity index (χ3n) is 5.52. The molecule has 3 rings (SSSR count). The highest BCUT2D eigenvalue weighted by Gasteiger charge is 2.25. The molecule has 1 aromatic rings. The van der Waals surface area contributed by atoms with Gasteiger partial charge in [-0.05, 0) is 37.5 Å². The number of hydrogen-bond donors (Lipinski definition) is 2. The Morgan fingerprint density at radius 2 is 1.71 bits per heavy atom. The second kappa shape index (κ2) is 8.54. The number of rotatable bonds is 6. The molecule has 1 unspecified atom stereocenters. The number of methoxy groups -OCH3 is 2. The number of ether oxygens (including phenoxy) is 2. The number of benzene rings is 1. The molecule has 1 aromatic carbocycles. The van der Waals surface area contributed by atoms with Crippen LogP contribution in [-0.2, 0) is 6.54 Å². The Kier molecular flexibility index (Phi) is 6.16. The second-order valence-electron chi connectivity index (χ2n) is 7.22. The smallest absolute Gasteiger partial charge is 0.161 e. The summed E-state index contributed by atoms with van der Waals surface area (Å²) in [7, 11) is 3.39. The Balaban J connectivity index is 1.47. The van der Waals surface area contributed by atoms with Gasteiger partial charge in [0, 0.05) is 11.5 Å².